The highest BCUT2D eigenvalue weighted by atomic mass is 16.5. The van der Waals surface area contributed by atoms with Gasteiger partial charge in [-0.05, 0) is 48.4 Å². The topological polar surface area (TPSA) is 41.6 Å². The number of nitrogens with one attached hydrogen (secondary N) is 1. The molecule has 1 N–H and O–H groups in total. The third-order valence-corrected chi connectivity index (χ3v) is 5.26. The third-order valence-electron chi connectivity index (χ3n) is 5.26. The van der Waals surface area contributed by atoms with Gasteiger partial charge in [-0.15, -0.1) is 0 Å². The van der Waals surface area contributed by atoms with E-state index in [1.807, 2.05) is 42.5 Å². The lowest BCUT2D eigenvalue weighted by molar-refractivity contribution is -0.123. The summed E-state index contributed by atoms with van der Waals surface area (Å²) < 4.78 is 5.75. The second-order valence-electron chi connectivity index (χ2n) is 7.26. The average Bonchev–Trinajstić information content (AvgIpc) is 2.77. The number of rotatable bonds is 6. The summed E-state index contributed by atoms with van der Waals surface area (Å²) >= 11 is 0. The maximum absolute atomic E-state index is 12.2. The number of hydrogen-bond donors (Lipinski definition) is 1. The fraction of sp³-hybridized carbons (Fsp3) is 0.292. The molecule has 1 aliphatic heterocycles. The first kappa shape index (κ1) is 18.4. The van der Waals surface area contributed by atoms with Crippen LogP contribution in [-0.4, -0.2) is 25.6 Å². The van der Waals surface area contributed by atoms with Crippen LogP contribution in [0.5, 0.6) is 5.75 Å². The van der Waals surface area contributed by atoms with Crippen LogP contribution in [0.2, 0.25) is 0 Å². The summed E-state index contributed by atoms with van der Waals surface area (Å²) in [6, 6.07) is 22.4. The Morgan fingerprint density at radius 1 is 0.893 bits per heavy atom. The lowest BCUT2D eigenvalue weighted by Gasteiger charge is -2.28. The van der Waals surface area contributed by atoms with Gasteiger partial charge in [-0.1, -0.05) is 48.5 Å². The smallest absolute Gasteiger partial charge is 0.258 e. The molecular weight excluding hydrogens is 348 g/mol. The number of carbonyl (C=O) groups excluding carboxylic acids is 1. The molecule has 3 aromatic rings. The maximum atomic E-state index is 12.2. The van der Waals surface area contributed by atoms with Crippen molar-refractivity contribution in [3.05, 3.63) is 72.3 Å². The van der Waals surface area contributed by atoms with Crippen LogP contribution < -0.4 is 15.0 Å². The second kappa shape index (κ2) is 8.79. The number of anilines is 1. The first-order chi connectivity index (χ1) is 13.8. The van der Waals surface area contributed by atoms with Crippen molar-refractivity contribution in [3.63, 3.8) is 0 Å². The van der Waals surface area contributed by atoms with Crippen LogP contribution in [0, 0.1) is 0 Å². The molecule has 4 heteroatoms. The Kier molecular flexibility index (Phi) is 5.76. The molecule has 0 spiro atoms. The van der Waals surface area contributed by atoms with Gasteiger partial charge in [0.1, 0.15) is 5.75 Å². The van der Waals surface area contributed by atoms with E-state index in [0.717, 1.165) is 35.2 Å². The highest BCUT2D eigenvalue weighted by Gasteiger charge is 2.11. The largest absolute Gasteiger partial charge is 0.483 e. The van der Waals surface area contributed by atoms with Crippen molar-refractivity contribution < 1.29 is 9.53 Å². The summed E-state index contributed by atoms with van der Waals surface area (Å²) in [5, 5.41) is 5.06. The molecule has 1 fully saturated rings. The van der Waals surface area contributed by atoms with Crippen LogP contribution in [0.15, 0.2) is 66.7 Å². The molecule has 0 unspecified atom stereocenters. The average molecular weight is 374 g/mol. The molecule has 0 aromatic heterocycles. The first-order valence-corrected chi connectivity index (χ1v) is 10.0. The molecule has 1 aliphatic rings. The molecule has 144 valence electrons. The quantitative estimate of drug-likeness (QED) is 0.689. The van der Waals surface area contributed by atoms with Crippen LogP contribution in [0.3, 0.4) is 0 Å². The number of piperidine rings is 1. The summed E-state index contributed by atoms with van der Waals surface area (Å²) in [5.41, 5.74) is 2.37. The van der Waals surface area contributed by atoms with Gasteiger partial charge >= 0.3 is 0 Å². The van der Waals surface area contributed by atoms with Gasteiger partial charge in [0.25, 0.3) is 5.91 Å². The number of hydrogen-bond acceptors (Lipinski definition) is 3. The van der Waals surface area contributed by atoms with E-state index in [-0.39, 0.29) is 12.5 Å². The van der Waals surface area contributed by atoms with Gasteiger partial charge in [0, 0.05) is 30.7 Å². The molecule has 0 atom stereocenters. The zero-order valence-electron chi connectivity index (χ0n) is 16.1. The van der Waals surface area contributed by atoms with E-state index >= 15 is 0 Å². The van der Waals surface area contributed by atoms with Crippen molar-refractivity contribution in [1.29, 1.82) is 0 Å². The van der Waals surface area contributed by atoms with E-state index in [9.17, 15) is 4.79 Å². The Labute approximate surface area is 166 Å². The van der Waals surface area contributed by atoms with Crippen LogP contribution in [-0.2, 0) is 11.3 Å². The Morgan fingerprint density at radius 2 is 1.64 bits per heavy atom. The predicted octanol–water partition coefficient (Wildman–Crippen LogP) is 4.53. The van der Waals surface area contributed by atoms with Gasteiger partial charge in [-0.25, -0.2) is 0 Å². The molecule has 3 aromatic carbocycles. The van der Waals surface area contributed by atoms with Gasteiger partial charge in [0.2, 0.25) is 0 Å². The van der Waals surface area contributed by atoms with Crippen molar-refractivity contribution >= 4 is 22.4 Å². The minimum Gasteiger partial charge on any atom is -0.483 e. The summed E-state index contributed by atoms with van der Waals surface area (Å²) in [6.45, 7) is 2.81. The number of carbonyl (C=O) groups is 1. The molecule has 0 radical (unpaired) electrons. The van der Waals surface area contributed by atoms with Crippen LogP contribution in [0.4, 0.5) is 5.69 Å². The summed E-state index contributed by atoms with van der Waals surface area (Å²) in [7, 11) is 0. The fourth-order valence-corrected chi connectivity index (χ4v) is 3.69. The molecule has 1 amide bonds. The zero-order chi connectivity index (χ0) is 19.2. The summed E-state index contributed by atoms with van der Waals surface area (Å²) in [6.07, 6.45) is 3.88. The first-order valence-electron chi connectivity index (χ1n) is 10.0. The van der Waals surface area contributed by atoms with E-state index in [2.05, 4.69) is 34.5 Å². The number of nitrogens with zero attached hydrogens (tertiary/aromatic N) is 1. The summed E-state index contributed by atoms with van der Waals surface area (Å²) in [4.78, 5) is 14.6. The molecule has 4 nitrogen and oxygen atoms in total. The Bertz CT molecular complexity index is 925. The monoisotopic (exact) mass is 374 g/mol. The molecule has 1 saturated heterocycles. The molecule has 0 aliphatic carbocycles. The van der Waals surface area contributed by atoms with Crippen molar-refractivity contribution in [1.82, 2.24) is 5.32 Å². The fourth-order valence-electron chi connectivity index (χ4n) is 3.69. The number of benzene rings is 3. The maximum Gasteiger partial charge on any atom is 0.258 e. The number of amides is 1. The highest BCUT2D eigenvalue weighted by Crippen LogP contribution is 2.25. The van der Waals surface area contributed by atoms with E-state index in [4.69, 9.17) is 4.74 Å². The molecule has 0 saturated carbocycles. The van der Waals surface area contributed by atoms with E-state index < -0.39 is 0 Å². The minimum atomic E-state index is -0.118. The van der Waals surface area contributed by atoms with Crippen molar-refractivity contribution in [3.8, 4) is 5.75 Å². The number of ether oxygens (including phenoxy) is 1. The van der Waals surface area contributed by atoms with Crippen LogP contribution in [0.25, 0.3) is 10.8 Å². The van der Waals surface area contributed by atoms with E-state index in [0.29, 0.717) is 6.54 Å². The van der Waals surface area contributed by atoms with E-state index in [1.54, 1.807) is 0 Å². The summed E-state index contributed by atoms with van der Waals surface area (Å²) in [5.74, 6) is 0.618. The van der Waals surface area contributed by atoms with E-state index in [1.165, 1.54) is 24.9 Å². The minimum absolute atomic E-state index is 0.0138. The Hall–Kier alpha value is -3.01. The lowest BCUT2D eigenvalue weighted by atomic mass is 10.1. The second-order valence-corrected chi connectivity index (χ2v) is 7.26. The molecule has 1 heterocycles. The Balaban J connectivity index is 1.28. The lowest BCUT2D eigenvalue weighted by Crippen LogP contribution is -2.29. The van der Waals surface area contributed by atoms with Gasteiger partial charge < -0.3 is 15.0 Å². The predicted molar refractivity (Wildman–Crippen MR) is 114 cm³/mol. The SMILES string of the molecule is O=C(COc1cccc2ccccc12)NCc1ccc(N2CCCCC2)cc1. The van der Waals surface area contributed by atoms with Gasteiger partial charge in [0.15, 0.2) is 6.61 Å². The van der Waals surface area contributed by atoms with Crippen molar-refractivity contribution in [2.75, 3.05) is 24.6 Å². The number of fused-ring (bicyclic) bond motifs is 1. The zero-order valence-corrected chi connectivity index (χ0v) is 16.1. The standard InChI is InChI=1S/C24H26N2O2/c27-24(18-28-23-10-6-8-20-7-2-3-9-22(20)23)25-17-19-11-13-21(14-12-19)26-15-4-1-5-16-26/h2-3,6-14H,1,4-5,15-18H2,(H,25,27). The molecular formula is C24H26N2O2. The molecule has 0 bridgehead atoms. The molecule has 4 rings (SSSR count). The normalized spacial score (nSPS) is 14.1. The van der Waals surface area contributed by atoms with Crippen molar-refractivity contribution in [2.24, 2.45) is 0 Å². The van der Waals surface area contributed by atoms with Gasteiger partial charge in [-0.3, -0.25) is 4.79 Å². The Morgan fingerprint density at radius 3 is 2.46 bits per heavy atom. The van der Waals surface area contributed by atoms with Crippen LogP contribution >= 0.6 is 0 Å². The van der Waals surface area contributed by atoms with Gasteiger partial charge in [0.05, 0.1) is 0 Å². The highest BCUT2D eigenvalue weighted by molar-refractivity contribution is 5.88. The van der Waals surface area contributed by atoms with Crippen LogP contribution in [0.1, 0.15) is 24.8 Å². The van der Waals surface area contributed by atoms with Gasteiger partial charge in [-0.2, -0.15) is 0 Å². The third kappa shape index (κ3) is 4.45. The molecule has 28 heavy (non-hydrogen) atoms. The van der Waals surface area contributed by atoms with Crippen molar-refractivity contribution in [2.45, 2.75) is 25.8 Å².